The molecule has 1 aromatic rings. The number of carbonyl (C=O) groups excluding carboxylic acids is 1. The van der Waals surface area contributed by atoms with E-state index in [2.05, 4.69) is 50.0 Å². The third-order valence-corrected chi connectivity index (χ3v) is 7.31. The number of benzene rings is 1. The van der Waals surface area contributed by atoms with E-state index in [0.29, 0.717) is 5.41 Å². The van der Waals surface area contributed by atoms with Crippen molar-refractivity contribution >= 4 is 11.6 Å². The van der Waals surface area contributed by atoms with Gasteiger partial charge in [0.2, 0.25) is 0 Å². The molecule has 4 nitrogen and oxygen atoms in total. The maximum Gasteiger partial charge on any atom is 0.251 e. The van der Waals surface area contributed by atoms with Crippen LogP contribution in [0.25, 0.3) is 0 Å². The first-order valence-electron chi connectivity index (χ1n) is 10.4. The highest BCUT2D eigenvalue weighted by Crippen LogP contribution is 2.53. The second-order valence-corrected chi connectivity index (χ2v) is 10.7. The number of aliphatic hydroxyl groups is 1. The third kappa shape index (κ3) is 3.37. The highest BCUT2D eigenvalue weighted by atomic mass is 16.3. The topological polar surface area (TPSA) is 52.6 Å². The number of nitrogens with zero attached hydrogens (tertiary/aromatic N) is 1. The lowest BCUT2D eigenvalue weighted by atomic mass is 9.52. The number of aliphatic hydroxyl groups excluding tert-OH is 1. The summed E-state index contributed by atoms with van der Waals surface area (Å²) in [6.07, 6.45) is 5.21. The monoisotopic (exact) mass is 370 g/mol. The summed E-state index contributed by atoms with van der Waals surface area (Å²) >= 11 is 0. The van der Waals surface area contributed by atoms with Gasteiger partial charge in [0.05, 0.1) is 6.10 Å². The summed E-state index contributed by atoms with van der Waals surface area (Å²) < 4.78 is 0. The summed E-state index contributed by atoms with van der Waals surface area (Å²) in [6, 6.07) is 8.29. The lowest BCUT2D eigenvalue weighted by molar-refractivity contribution is -0.0366. The van der Waals surface area contributed by atoms with Crippen LogP contribution < -0.4 is 10.2 Å². The Hall–Kier alpha value is -1.55. The molecule has 1 heterocycles. The van der Waals surface area contributed by atoms with Crippen LogP contribution in [0.5, 0.6) is 0 Å². The van der Waals surface area contributed by atoms with E-state index in [9.17, 15) is 9.90 Å². The molecular formula is C23H34N2O2. The van der Waals surface area contributed by atoms with Crippen molar-refractivity contribution in [2.75, 3.05) is 18.0 Å². The van der Waals surface area contributed by atoms with Gasteiger partial charge in [-0.15, -0.1) is 0 Å². The van der Waals surface area contributed by atoms with Crippen LogP contribution in [-0.2, 0) is 0 Å². The van der Waals surface area contributed by atoms with Crippen LogP contribution >= 0.6 is 0 Å². The lowest BCUT2D eigenvalue weighted by Gasteiger charge is -2.57. The molecule has 4 rings (SSSR count). The Morgan fingerprint density at radius 1 is 1.04 bits per heavy atom. The average molecular weight is 371 g/mol. The van der Waals surface area contributed by atoms with Crippen molar-refractivity contribution < 1.29 is 9.90 Å². The number of hydrogen-bond donors (Lipinski definition) is 2. The quantitative estimate of drug-likeness (QED) is 0.846. The predicted octanol–water partition coefficient (Wildman–Crippen LogP) is 3.98. The van der Waals surface area contributed by atoms with E-state index in [1.807, 2.05) is 12.1 Å². The zero-order valence-electron chi connectivity index (χ0n) is 17.2. The van der Waals surface area contributed by atoms with Crippen molar-refractivity contribution in [1.82, 2.24) is 5.32 Å². The first-order valence-corrected chi connectivity index (χ1v) is 10.4. The molecule has 1 spiro atoms. The second-order valence-electron chi connectivity index (χ2n) is 10.7. The minimum absolute atomic E-state index is 0.0359. The van der Waals surface area contributed by atoms with Gasteiger partial charge in [-0.1, -0.05) is 27.7 Å². The van der Waals surface area contributed by atoms with Crippen LogP contribution in [0.2, 0.25) is 0 Å². The van der Waals surface area contributed by atoms with Crippen LogP contribution in [0.15, 0.2) is 24.3 Å². The van der Waals surface area contributed by atoms with Crippen LogP contribution in [0.1, 0.15) is 70.2 Å². The maximum atomic E-state index is 12.7. The van der Waals surface area contributed by atoms with Gasteiger partial charge in [0.1, 0.15) is 0 Å². The molecule has 1 aromatic carbocycles. The van der Waals surface area contributed by atoms with Crippen LogP contribution in [0.4, 0.5) is 5.69 Å². The Kier molecular flexibility index (Phi) is 4.34. The fourth-order valence-corrected chi connectivity index (χ4v) is 6.21. The van der Waals surface area contributed by atoms with Gasteiger partial charge in [-0.3, -0.25) is 4.79 Å². The predicted molar refractivity (Wildman–Crippen MR) is 109 cm³/mol. The molecule has 0 bridgehead atoms. The number of hydrogen-bond acceptors (Lipinski definition) is 3. The summed E-state index contributed by atoms with van der Waals surface area (Å²) in [4.78, 5) is 15.1. The van der Waals surface area contributed by atoms with E-state index >= 15 is 0 Å². The molecule has 3 fully saturated rings. The van der Waals surface area contributed by atoms with Crippen molar-refractivity contribution in [2.45, 2.75) is 71.9 Å². The molecule has 2 saturated carbocycles. The molecule has 148 valence electrons. The van der Waals surface area contributed by atoms with Crippen molar-refractivity contribution in [3.63, 3.8) is 0 Å². The van der Waals surface area contributed by atoms with Crippen molar-refractivity contribution in [1.29, 1.82) is 0 Å². The summed E-state index contributed by atoms with van der Waals surface area (Å²) in [6.45, 7) is 11.1. The Balaban J connectivity index is 1.35. The standard InChI is InChI=1S/C23H34N2O2/c1-21(2)13-22(3,4)20(21)24-19(27)16-5-7-17(8-6-16)25-14-23(15-25)11-9-18(26)10-12-23/h5-8,18,20,26H,9-15H2,1-4H3,(H,24,27). The van der Waals surface area contributed by atoms with Crippen LogP contribution in [0, 0.1) is 16.2 Å². The largest absolute Gasteiger partial charge is 0.393 e. The highest BCUT2D eigenvalue weighted by molar-refractivity contribution is 5.95. The maximum absolute atomic E-state index is 12.7. The first kappa shape index (κ1) is 18.8. The highest BCUT2D eigenvalue weighted by Gasteiger charge is 2.53. The van der Waals surface area contributed by atoms with E-state index in [-0.39, 0.29) is 28.9 Å². The molecule has 0 atom stereocenters. The smallest absolute Gasteiger partial charge is 0.251 e. The molecule has 4 heteroatoms. The number of anilines is 1. The molecule has 3 aliphatic rings. The second kappa shape index (κ2) is 6.23. The summed E-state index contributed by atoms with van der Waals surface area (Å²) in [5.74, 6) is 0.0359. The van der Waals surface area contributed by atoms with Gasteiger partial charge in [-0.25, -0.2) is 0 Å². The molecule has 2 N–H and O–H groups in total. The van der Waals surface area contributed by atoms with Gasteiger partial charge in [-0.05, 0) is 67.2 Å². The zero-order chi connectivity index (χ0) is 19.4. The Labute approximate surface area is 163 Å². The van der Waals surface area contributed by atoms with Gasteiger partial charge in [0.15, 0.2) is 0 Å². The van der Waals surface area contributed by atoms with Gasteiger partial charge >= 0.3 is 0 Å². The van der Waals surface area contributed by atoms with E-state index in [1.54, 1.807) is 0 Å². The SMILES string of the molecule is CC1(C)CC(C)(C)C1NC(=O)c1ccc(N2CC3(CCC(O)CC3)C2)cc1. The Bertz CT molecular complexity index is 692. The number of carbonyl (C=O) groups is 1. The molecule has 1 saturated heterocycles. The van der Waals surface area contributed by atoms with Gasteiger partial charge < -0.3 is 15.3 Å². The zero-order valence-corrected chi connectivity index (χ0v) is 17.2. The van der Waals surface area contributed by atoms with Gasteiger partial charge in [0.25, 0.3) is 5.91 Å². The molecule has 0 unspecified atom stereocenters. The summed E-state index contributed by atoms with van der Waals surface area (Å²) in [5, 5.41) is 13.0. The molecule has 2 aliphatic carbocycles. The van der Waals surface area contributed by atoms with E-state index in [1.165, 1.54) is 5.69 Å². The molecule has 0 radical (unpaired) electrons. The minimum Gasteiger partial charge on any atom is -0.393 e. The summed E-state index contributed by atoms with van der Waals surface area (Å²) in [7, 11) is 0. The van der Waals surface area contributed by atoms with Crippen molar-refractivity contribution in [3.8, 4) is 0 Å². The minimum atomic E-state index is -0.0897. The molecule has 0 aromatic heterocycles. The van der Waals surface area contributed by atoms with Gasteiger partial charge in [-0.2, -0.15) is 0 Å². The molecule has 27 heavy (non-hydrogen) atoms. The molecular weight excluding hydrogens is 336 g/mol. The summed E-state index contributed by atoms with van der Waals surface area (Å²) in [5.41, 5.74) is 2.69. The van der Waals surface area contributed by atoms with Crippen LogP contribution in [-0.4, -0.2) is 36.2 Å². The number of nitrogens with one attached hydrogen (secondary N) is 1. The number of amides is 1. The lowest BCUT2D eigenvalue weighted by Crippen LogP contribution is -2.63. The van der Waals surface area contributed by atoms with Crippen molar-refractivity contribution in [2.24, 2.45) is 16.2 Å². The normalized spacial score (nSPS) is 26.3. The van der Waals surface area contributed by atoms with Gasteiger partial charge in [0, 0.05) is 35.8 Å². The Morgan fingerprint density at radius 2 is 1.59 bits per heavy atom. The molecule has 1 amide bonds. The van der Waals surface area contributed by atoms with E-state index < -0.39 is 0 Å². The average Bonchev–Trinajstić information content (AvgIpc) is 2.57. The van der Waals surface area contributed by atoms with E-state index in [4.69, 9.17) is 0 Å². The van der Waals surface area contributed by atoms with Crippen LogP contribution in [0.3, 0.4) is 0 Å². The van der Waals surface area contributed by atoms with Crippen molar-refractivity contribution in [3.05, 3.63) is 29.8 Å². The fraction of sp³-hybridized carbons (Fsp3) is 0.696. The molecule has 1 aliphatic heterocycles. The fourth-order valence-electron chi connectivity index (χ4n) is 6.21. The third-order valence-electron chi connectivity index (χ3n) is 7.31. The number of rotatable bonds is 3. The Morgan fingerprint density at radius 3 is 2.11 bits per heavy atom. The van der Waals surface area contributed by atoms with E-state index in [0.717, 1.165) is 50.8 Å². The first-order chi connectivity index (χ1) is 12.6.